The number of nitrogens with one attached hydrogen (secondary N) is 2. The third kappa shape index (κ3) is 3.18. The van der Waals surface area contributed by atoms with Crippen LogP contribution in [0.5, 0.6) is 0 Å². The van der Waals surface area contributed by atoms with E-state index >= 15 is 0 Å². The maximum absolute atomic E-state index is 11.9. The molecule has 0 aliphatic heterocycles. The maximum Gasteiger partial charge on any atom is 0.335 e. The summed E-state index contributed by atoms with van der Waals surface area (Å²) in [6.45, 7) is 0.0377. The monoisotopic (exact) mass is 281 g/mol. The summed E-state index contributed by atoms with van der Waals surface area (Å²) in [6, 6.07) is 4.97. The van der Waals surface area contributed by atoms with Crippen LogP contribution in [0.1, 0.15) is 16.2 Å². The zero-order chi connectivity index (χ0) is 13.9. The Kier molecular flexibility index (Phi) is 3.63. The zero-order valence-electron chi connectivity index (χ0n) is 9.70. The van der Waals surface area contributed by atoms with E-state index in [2.05, 4.69) is 14.7 Å². The molecule has 7 nitrogen and oxygen atoms in total. The van der Waals surface area contributed by atoms with E-state index in [9.17, 15) is 13.2 Å². The number of hydrogen-bond donors (Lipinski definition) is 3. The number of nitrogens with zero attached hydrogens (tertiary/aromatic N) is 1. The van der Waals surface area contributed by atoms with Crippen molar-refractivity contribution in [2.45, 2.75) is 11.4 Å². The lowest BCUT2D eigenvalue weighted by Gasteiger charge is -2.05. The number of aromatic carboxylic acids is 1. The molecule has 0 amide bonds. The van der Waals surface area contributed by atoms with E-state index in [4.69, 9.17) is 5.11 Å². The Morgan fingerprint density at radius 2 is 2.00 bits per heavy atom. The van der Waals surface area contributed by atoms with E-state index in [1.807, 2.05) is 0 Å². The molecule has 1 aromatic heterocycles. The number of rotatable bonds is 5. The first-order valence-electron chi connectivity index (χ1n) is 5.30. The van der Waals surface area contributed by atoms with Crippen LogP contribution in [0.2, 0.25) is 0 Å². The van der Waals surface area contributed by atoms with E-state index in [-0.39, 0.29) is 17.0 Å². The highest BCUT2D eigenvalue weighted by atomic mass is 32.2. The Morgan fingerprint density at radius 1 is 1.32 bits per heavy atom. The van der Waals surface area contributed by atoms with Gasteiger partial charge in [-0.15, -0.1) is 0 Å². The van der Waals surface area contributed by atoms with Gasteiger partial charge in [0.05, 0.1) is 17.0 Å². The molecule has 100 valence electrons. The maximum atomic E-state index is 11.9. The van der Waals surface area contributed by atoms with Crippen molar-refractivity contribution in [3.8, 4) is 0 Å². The molecule has 0 bridgehead atoms. The van der Waals surface area contributed by atoms with Gasteiger partial charge in [0.25, 0.3) is 0 Å². The molecule has 1 heterocycles. The number of hydrogen-bond acceptors (Lipinski definition) is 4. The molecular weight excluding hydrogens is 270 g/mol. The Morgan fingerprint density at radius 3 is 2.53 bits per heavy atom. The molecule has 0 spiro atoms. The van der Waals surface area contributed by atoms with Gasteiger partial charge in [0.2, 0.25) is 10.0 Å². The first-order chi connectivity index (χ1) is 8.99. The van der Waals surface area contributed by atoms with Crippen molar-refractivity contribution in [2.24, 2.45) is 0 Å². The minimum atomic E-state index is -3.68. The van der Waals surface area contributed by atoms with Crippen LogP contribution in [-0.2, 0) is 16.6 Å². The van der Waals surface area contributed by atoms with Crippen LogP contribution in [0.25, 0.3) is 0 Å². The molecular formula is C11H11N3O4S. The van der Waals surface area contributed by atoms with Crippen molar-refractivity contribution in [2.75, 3.05) is 0 Å². The van der Waals surface area contributed by atoms with Gasteiger partial charge in [0.15, 0.2) is 0 Å². The number of aromatic nitrogens is 2. The van der Waals surface area contributed by atoms with Gasteiger partial charge in [-0.25, -0.2) is 22.9 Å². The van der Waals surface area contributed by atoms with Crippen molar-refractivity contribution in [3.63, 3.8) is 0 Å². The van der Waals surface area contributed by atoms with Crippen molar-refractivity contribution >= 4 is 16.0 Å². The molecule has 1 aromatic carbocycles. The van der Waals surface area contributed by atoms with E-state index < -0.39 is 16.0 Å². The number of benzene rings is 1. The van der Waals surface area contributed by atoms with Crippen LogP contribution in [0.3, 0.4) is 0 Å². The molecule has 0 fully saturated rings. The molecule has 8 heteroatoms. The van der Waals surface area contributed by atoms with Crippen molar-refractivity contribution in [1.82, 2.24) is 14.7 Å². The third-order valence-electron chi connectivity index (χ3n) is 2.40. The van der Waals surface area contributed by atoms with Gasteiger partial charge in [0.1, 0.15) is 5.82 Å². The van der Waals surface area contributed by atoms with E-state index in [0.717, 1.165) is 0 Å². The summed E-state index contributed by atoms with van der Waals surface area (Å²) < 4.78 is 26.2. The molecule has 2 aromatic rings. The smallest absolute Gasteiger partial charge is 0.335 e. The summed E-state index contributed by atoms with van der Waals surface area (Å²) in [6.07, 6.45) is 3.11. The quantitative estimate of drug-likeness (QED) is 0.742. The number of carbonyl (C=O) groups is 1. The Hall–Kier alpha value is -2.19. The van der Waals surface area contributed by atoms with Gasteiger partial charge in [0, 0.05) is 12.4 Å². The lowest BCUT2D eigenvalue weighted by Crippen LogP contribution is -2.23. The van der Waals surface area contributed by atoms with E-state index in [1.54, 1.807) is 6.20 Å². The van der Waals surface area contributed by atoms with Gasteiger partial charge in [-0.05, 0) is 24.3 Å². The summed E-state index contributed by atoms with van der Waals surface area (Å²) in [5.41, 5.74) is 0.0324. The first kappa shape index (κ1) is 13.2. The molecule has 0 unspecified atom stereocenters. The topological polar surface area (TPSA) is 112 Å². The predicted octanol–water partition coefficient (Wildman–Crippen LogP) is 0.586. The molecule has 0 saturated heterocycles. The van der Waals surface area contributed by atoms with Gasteiger partial charge in [-0.3, -0.25) is 0 Å². The second kappa shape index (κ2) is 5.21. The Bertz CT molecular complexity index is 662. The Balaban J connectivity index is 2.13. The summed E-state index contributed by atoms with van der Waals surface area (Å²) in [7, 11) is -3.68. The summed E-state index contributed by atoms with van der Waals surface area (Å²) >= 11 is 0. The van der Waals surface area contributed by atoms with Crippen LogP contribution in [0, 0.1) is 0 Å². The lowest BCUT2D eigenvalue weighted by molar-refractivity contribution is 0.0696. The number of carboxylic acids is 1. The summed E-state index contributed by atoms with van der Waals surface area (Å²) in [4.78, 5) is 17.3. The molecule has 0 atom stereocenters. The number of sulfonamides is 1. The first-order valence-corrected chi connectivity index (χ1v) is 6.78. The van der Waals surface area contributed by atoms with Crippen LogP contribution < -0.4 is 4.72 Å². The van der Waals surface area contributed by atoms with Gasteiger partial charge >= 0.3 is 5.97 Å². The fourth-order valence-corrected chi connectivity index (χ4v) is 2.41. The SMILES string of the molecule is O=C(O)c1ccc(S(=O)(=O)NCc2ncc[nH]2)cc1. The zero-order valence-corrected chi connectivity index (χ0v) is 10.5. The normalized spacial score (nSPS) is 11.4. The van der Waals surface area contributed by atoms with E-state index in [1.165, 1.54) is 30.5 Å². The molecule has 3 N–H and O–H groups in total. The van der Waals surface area contributed by atoms with Crippen LogP contribution >= 0.6 is 0 Å². The lowest BCUT2D eigenvalue weighted by atomic mass is 10.2. The van der Waals surface area contributed by atoms with Crippen molar-refractivity contribution < 1.29 is 18.3 Å². The molecule has 2 rings (SSSR count). The highest BCUT2D eigenvalue weighted by molar-refractivity contribution is 7.89. The van der Waals surface area contributed by atoms with Crippen molar-refractivity contribution in [3.05, 3.63) is 48.0 Å². The number of H-pyrrole nitrogens is 1. The Labute approximate surface area is 109 Å². The molecule has 0 radical (unpaired) electrons. The third-order valence-corrected chi connectivity index (χ3v) is 3.81. The average molecular weight is 281 g/mol. The second-order valence-electron chi connectivity index (χ2n) is 3.69. The van der Waals surface area contributed by atoms with Crippen molar-refractivity contribution in [1.29, 1.82) is 0 Å². The van der Waals surface area contributed by atoms with Gasteiger partial charge in [-0.1, -0.05) is 0 Å². The predicted molar refractivity (Wildman–Crippen MR) is 66.0 cm³/mol. The summed E-state index contributed by atoms with van der Waals surface area (Å²) in [5, 5.41) is 8.73. The van der Waals surface area contributed by atoms with Crippen LogP contribution in [0.4, 0.5) is 0 Å². The summed E-state index contributed by atoms with van der Waals surface area (Å²) in [5.74, 6) is -0.613. The average Bonchev–Trinajstić information content (AvgIpc) is 2.90. The van der Waals surface area contributed by atoms with Gasteiger partial charge in [-0.2, -0.15) is 0 Å². The molecule has 0 aliphatic carbocycles. The molecule has 0 saturated carbocycles. The minimum Gasteiger partial charge on any atom is -0.478 e. The largest absolute Gasteiger partial charge is 0.478 e. The molecule has 0 aliphatic rings. The van der Waals surface area contributed by atoms with Gasteiger partial charge < -0.3 is 10.1 Å². The minimum absolute atomic E-state index is 0.00376. The fourth-order valence-electron chi connectivity index (χ4n) is 1.42. The number of carboxylic acid groups (broad SMARTS) is 1. The highest BCUT2D eigenvalue weighted by Gasteiger charge is 2.14. The number of imidazole rings is 1. The second-order valence-corrected chi connectivity index (χ2v) is 5.46. The standard InChI is InChI=1S/C11H11N3O4S/c15-11(16)8-1-3-9(4-2-8)19(17,18)14-7-10-12-5-6-13-10/h1-6,14H,7H2,(H,12,13)(H,15,16). The van der Waals surface area contributed by atoms with E-state index in [0.29, 0.717) is 5.82 Å². The highest BCUT2D eigenvalue weighted by Crippen LogP contribution is 2.10. The van der Waals surface area contributed by atoms with Crippen LogP contribution in [0.15, 0.2) is 41.6 Å². The number of aromatic amines is 1. The van der Waals surface area contributed by atoms with Crippen LogP contribution in [-0.4, -0.2) is 29.5 Å². The molecule has 19 heavy (non-hydrogen) atoms. The fraction of sp³-hybridized carbons (Fsp3) is 0.0909.